The molecule has 0 aromatic heterocycles. The number of benzene rings is 1. The molecule has 0 radical (unpaired) electrons. The summed E-state index contributed by atoms with van der Waals surface area (Å²) >= 11 is 0. The molecule has 1 aromatic carbocycles. The van der Waals surface area contributed by atoms with Crippen molar-refractivity contribution in [2.45, 2.75) is 18.0 Å². The van der Waals surface area contributed by atoms with E-state index in [1.165, 1.54) is 6.92 Å². The third kappa shape index (κ3) is 7.96. The maximum absolute atomic E-state index is 13.4. The van der Waals surface area contributed by atoms with Crippen LogP contribution in [0.5, 0.6) is 5.75 Å². The molecule has 1 amide bonds. The number of hydrogen-bond donors (Lipinski definition) is 3. The van der Waals surface area contributed by atoms with Crippen molar-refractivity contribution in [3.8, 4) is 5.75 Å². The van der Waals surface area contributed by atoms with Crippen LogP contribution < -0.4 is 10.0 Å². The highest BCUT2D eigenvalue weighted by molar-refractivity contribution is 7.89. The highest BCUT2D eigenvalue weighted by Gasteiger charge is 2.38. The molecule has 0 unspecified atom stereocenters. The predicted molar refractivity (Wildman–Crippen MR) is 88.7 cm³/mol. The van der Waals surface area contributed by atoms with Crippen LogP contribution in [-0.2, 0) is 24.3 Å². The van der Waals surface area contributed by atoms with Crippen molar-refractivity contribution in [1.82, 2.24) is 10.0 Å². The van der Waals surface area contributed by atoms with Gasteiger partial charge in [0.1, 0.15) is 0 Å². The quantitative estimate of drug-likeness (QED) is 0.353. The summed E-state index contributed by atoms with van der Waals surface area (Å²) in [6.45, 7) is 0.802. The van der Waals surface area contributed by atoms with Gasteiger partial charge in [-0.05, 0) is 24.6 Å². The van der Waals surface area contributed by atoms with Crippen LogP contribution >= 0.6 is 0 Å². The smallest absolute Gasteiger partial charge is 0.471 e. The third-order valence-corrected chi connectivity index (χ3v) is 4.68. The number of phenolic OH excluding ortho intramolecular Hbond substituents is 1. The second-order valence-corrected chi connectivity index (χ2v) is 7.21. The van der Waals surface area contributed by atoms with E-state index in [0.717, 1.165) is 6.07 Å². The van der Waals surface area contributed by atoms with Crippen molar-refractivity contribution in [2.75, 3.05) is 39.5 Å². The van der Waals surface area contributed by atoms with Crippen molar-refractivity contribution in [2.24, 2.45) is 0 Å². The molecule has 0 spiro atoms. The monoisotopic (exact) mass is 432 g/mol. The Balaban J connectivity index is 2.18. The molecule has 3 N–H and O–H groups in total. The molecule has 0 atom stereocenters. The second-order valence-electron chi connectivity index (χ2n) is 5.45. The molecule has 1 rings (SSSR count). The molecule has 0 saturated heterocycles. The van der Waals surface area contributed by atoms with Crippen LogP contribution in [0, 0.1) is 12.7 Å². The van der Waals surface area contributed by atoms with Crippen LogP contribution in [0.2, 0.25) is 0 Å². The molecule has 0 fully saturated rings. The molecule has 160 valence electrons. The standard InChI is InChI=1S/C15H20F4N2O6S/c1-10-8-11(9-12(16)13(10)22)28(24,25)21-3-5-27-7-6-26-4-2-20-14(23)15(17,18)19/h8-9,21-22H,2-7H2,1H3,(H,20,23). The Hall–Kier alpha value is -1.96. The van der Waals surface area contributed by atoms with Crippen LogP contribution in [0.4, 0.5) is 17.6 Å². The molecule has 0 saturated carbocycles. The molecule has 28 heavy (non-hydrogen) atoms. The number of hydrogen-bond acceptors (Lipinski definition) is 6. The molecule has 0 aliphatic heterocycles. The second kappa shape index (κ2) is 10.5. The molecule has 0 bridgehead atoms. The van der Waals surface area contributed by atoms with E-state index in [-0.39, 0.29) is 50.0 Å². The Morgan fingerprint density at radius 3 is 2.21 bits per heavy atom. The summed E-state index contributed by atoms with van der Waals surface area (Å²) < 4.78 is 85.4. The van der Waals surface area contributed by atoms with Gasteiger partial charge in [-0.1, -0.05) is 0 Å². The molecule has 8 nitrogen and oxygen atoms in total. The number of alkyl halides is 3. The Labute approximate surface area is 158 Å². The number of aromatic hydroxyl groups is 1. The average molecular weight is 432 g/mol. The SMILES string of the molecule is Cc1cc(S(=O)(=O)NCCOCCOCCNC(=O)C(F)(F)F)cc(F)c1O. The molecule has 1 aromatic rings. The van der Waals surface area contributed by atoms with E-state index >= 15 is 0 Å². The predicted octanol–water partition coefficient (Wildman–Crippen LogP) is 0.830. The topological polar surface area (TPSA) is 114 Å². The van der Waals surface area contributed by atoms with Crippen molar-refractivity contribution >= 4 is 15.9 Å². The number of phenols is 1. The summed E-state index contributed by atoms with van der Waals surface area (Å²) in [7, 11) is -3.99. The van der Waals surface area contributed by atoms with Crippen LogP contribution in [0.25, 0.3) is 0 Å². The van der Waals surface area contributed by atoms with Gasteiger partial charge in [0.05, 0.1) is 31.3 Å². The summed E-state index contributed by atoms with van der Waals surface area (Å²) in [6, 6.07) is 1.81. The molecule has 13 heteroatoms. The Kier molecular flexibility index (Phi) is 9.07. The molecule has 0 heterocycles. The van der Waals surface area contributed by atoms with E-state index in [1.807, 2.05) is 0 Å². The van der Waals surface area contributed by atoms with Crippen LogP contribution in [0.1, 0.15) is 5.56 Å². The zero-order valence-corrected chi connectivity index (χ0v) is 15.6. The number of halogens is 4. The zero-order valence-electron chi connectivity index (χ0n) is 14.8. The van der Waals surface area contributed by atoms with Gasteiger partial charge in [-0.3, -0.25) is 4.79 Å². The van der Waals surface area contributed by atoms with Gasteiger partial charge in [-0.25, -0.2) is 17.5 Å². The van der Waals surface area contributed by atoms with Crippen LogP contribution in [0.3, 0.4) is 0 Å². The number of sulfonamides is 1. The first-order valence-electron chi connectivity index (χ1n) is 7.94. The fourth-order valence-electron chi connectivity index (χ4n) is 1.85. The first kappa shape index (κ1) is 24.1. The van der Waals surface area contributed by atoms with Gasteiger partial charge in [0.25, 0.3) is 0 Å². The van der Waals surface area contributed by atoms with E-state index in [2.05, 4.69) is 4.72 Å². The van der Waals surface area contributed by atoms with Crippen molar-refractivity contribution in [3.63, 3.8) is 0 Å². The first-order valence-corrected chi connectivity index (χ1v) is 9.42. The summed E-state index contributed by atoms with van der Waals surface area (Å²) in [5, 5.41) is 10.9. The number of ether oxygens (including phenoxy) is 2. The van der Waals surface area contributed by atoms with Gasteiger partial charge in [-0.2, -0.15) is 13.2 Å². The minimum absolute atomic E-state index is 0.0248. The third-order valence-electron chi connectivity index (χ3n) is 3.24. The van der Waals surface area contributed by atoms with Crippen molar-refractivity contribution in [1.29, 1.82) is 0 Å². The first-order chi connectivity index (χ1) is 12.9. The molecular formula is C15H20F4N2O6S. The Morgan fingerprint density at radius 1 is 1.11 bits per heavy atom. The Bertz CT molecular complexity index is 747. The lowest BCUT2D eigenvalue weighted by Gasteiger charge is -2.10. The maximum Gasteiger partial charge on any atom is 0.471 e. The molecular weight excluding hydrogens is 412 g/mol. The number of rotatable bonds is 11. The lowest BCUT2D eigenvalue weighted by atomic mass is 10.2. The summed E-state index contributed by atoms with van der Waals surface area (Å²) in [6.07, 6.45) is -4.94. The maximum atomic E-state index is 13.4. The zero-order chi connectivity index (χ0) is 21.4. The van der Waals surface area contributed by atoms with E-state index in [1.54, 1.807) is 5.32 Å². The van der Waals surface area contributed by atoms with Crippen LogP contribution in [0.15, 0.2) is 17.0 Å². The van der Waals surface area contributed by atoms with Crippen LogP contribution in [-0.4, -0.2) is 65.1 Å². The minimum atomic E-state index is -4.94. The number of carbonyl (C=O) groups is 1. The van der Waals surface area contributed by atoms with Gasteiger partial charge in [-0.15, -0.1) is 0 Å². The Morgan fingerprint density at radius 2 is 1.68 bits per heavy atom. The van der Waals surface area contributed by atoms with E-state index in [9.17, 15) is 35.9 Å². The fourth-order valence-corrected chi connectivity index (χ4v) is 2.96. The van der Waals surface area contributed by atoms with Crippen molar-refractivity contribution in [3.05, 3.63) is 23.5 Å². The fraction of sp³-hybridized carbons (Fsp3) is 0.533. The number of aryl methyl sites for hydroxylation is 1. The normalized spacial score (nSPS) is 12.2. The van der Waals surface area contributed by atoms with E-state index in [4.69, 9.17) is 9.47 Å². The average Bonchev–Trinajstić information content (AvgIpc) is 2.59. The molecule has 0 aliphatic carbocycles. The highest BCUT2D eigenvalue weighted by atomic mass is 32.2. The number of carbonyl (C=O) groups excluding carboxylic acids is 1. The lowest BCUT2D eigenvalue weighted by molar-refractivity contribution is -0.173. The minimum Gasteiger partial charge on any atom is -0.505 e. The van der Waals surface area contributed by atoms with Gasteiger partial charge in [0, 0.05) is 13.1 Å². The lowest BCUT2D eigenvalue weighted by Crippen LogP contribution is -2.38. The highest BCUT2D eigenvalue weighted by Crippen LogP contribution is 2.24. The van der Waals surface area contributed by atoms with Gasteiger partial charge in [0.2, 0.25) is 10.0 Å². The number of amides is 1. The summed E-state index contributed by atoms with van der Waals surface area (Å²) in [5.41, 5.74) is 0.0696. The summed E-state index contributed by atoms with van der Waals surface area (Å²) in [5.74, 6) is -3.73. The van der Waals surface area contributed by atoms with Gasteiger partial charge < -0.3 is 19.9 Å². The largest absolute Gasteiger partial charge is 0.505 e. The van der Waals surface area contributed by atoms with Crippen molar-refractivity contribution < 1.29 is 45.4 Å². The van der Waals surface area contributed by atoms with E-state index in [0.29, 0.717) is 6.07 Å². The summed E-state index contributed by atoms with van der Waals surface area (Å²) in [4.78, 5) is 10.2. The van der Waals surface area contributed by atoms with E-state index < -0.39 is 33.7 Å². The molecule has 0 aliphatic rings. The number of nitrogens with one attached hydrogen (secondary N) is 2. The van der Waals surface area contributed by atoms with Gasteiger partial charge in [0.15, 0.2) is 11.6 Å². The van der Waals surface area contributed by atoms with Gasteiger partial charge >= 0.3 is 12.1 Å².